The normalized spacial score (nSPS) is 17.9. The molecule has 0 spiro atoms. The van der Waals surface area contributed by atoms with Gasteiger partial charge in [-0.05, 0) is 30.2 Å². The molecule has 2 amide bonds. The van der Waals surface area contributed by atoms with E-state index in [9.17, 15) is 19.6 Å². The molecular formula is C23H20ClN3O4S. The third-order valence-corrected chi connectivity index (χ3v) is 6.46. The molecule has 0 radical (unpaired) electrons. The first-order valence-corrected chi connectivity index (χ1v) is 11.0. The van der Waals surface area contributed by atoms with Gasteiger partial charge in [-0.25, -0.2) is 0 Å². The molecule has 3 rings (SSSR count). The summed E-state index contributed by atoms with van der Waals surface area (Å²) in [4.78, 5) is 37.6. The van der Waals surface area contributed by atoms with Crippen LogP contribution in [0.3, 0.4) is 0 Å². The number of ether oxygens (including phenoxy) is 1. The Labute approximate surface area is 194 Å². The average molecular weight is 470 g/mol. The van der Waals surface area contributed by atoms with Crippen LogP contribution < -0.4 is 10.6 Å². The summed E-state index contributed by atoms with van der Waals surface area (Å²) in [5.74, 6) is -3.73. The van der Waals surface area contributed by atoms with Gasteiger partial charge in [-0.3, -0.25) is 14.4 Å². The van der Waals surface area contributed by atoms with Crippen molar-refractivity contribution in [1.29, 1.82) is 5.26 Å². The number of carbonyl (C=O) groups excluding carboxylic acids is 3. The highest BCUT2D eigenvalue weighted by atomic mass is 35.5. The number of hydrogen-bond acceptors (Lipinski definition) is 6. The van der Waals surface area contributed by atoms with Gasteiger partial charge in [0.25, 0.3) is 0 Å². The van der Waals surface area contributed by atoms with Crippen LogP contribution in [0.1, 0.15) is 17.0 Å². The Morgan fingerprint density at radius 3 is 2.59 bits per heavy atom. The van der Waals surface area contributed by atoms with Crippen molar-refractivity contribution in [2.24, 2.45) is 5.92 Å². The van der Waals surface area contributed by atoms with Gasteiger partial charge in [-0.15, -0.1) is 0 Å². The second-order valence-corrected chi connectivity index (χ2v) is 8.38. The lowest BCUT2D eigenvalue weighted by molar-refractivity contribution is -0.150. The van der Waals surface area contributed by atoms with Crippen LogP contribution in [-0.4, -0.2) is 30.6 Å². The third kappa shape index (κ3) is 4.96. The van der Waals surface area contributed by atoms with Gasteiger partial charge in [-0.1, -0.05) is 59.8 Å². The van der Waals surface area contributed by atoms with Crippen LogP contribution in [0.2, 0.25) is 5.02 Å². The number of methoxy groups -OCH3 is 1. The summed E-state index contributed by atoms with van der Waals surface area (Å²) in [5.41, 5.74) is 2.15. The minimum absolute atomic E-state index is 0.0584. The molecule has 0 aromatic heterocycles. The number of hydrogen-bond donors (Lipinski definition) is 2. The highest BCUT2D eigenvalue weighted by Gasteiger charge is 2.44. The van der Waals surface area contributed by atoms with Crippen LogP contribution >= 0.6 is 23.4 Å². The molecule has 9 heteroatoms. The van der Waals surface area contributed by atoms with Crippen molar-refractivity contribution in [3.63, 3.8) is 0 Å². The van der Waals surface area contributed by atoms with Gasteiger partial charge in [0.05, 0.1) is 29.5 Å². The van der Waals surface area contributed by atoms with Gasteiger partial charge in [-0.2, -0.15) is 5.26 Å². The van der Waals surface area contributed by atoms with E-state index in [1.54, 1.807) is 55.5 Å². The highest BCUT2D eigenvalue weighted by molar-refractivity contribution is 8.03. The molecule has 2 aromatic carbocycles. The number of amides is 2. The van der Waals surface area contributed by atoms with E-state index in [0.29, 0.717) is 16.3 Å². The molecule has 32 heavy (non-hydrogen) atoms. The summed E-state index contributed by atoms with van der Waals surface area (Å²) >= 11 is 7.11. The fraction of sp³-hybridized carbons (Fsp3) is 0.217. The minimum atomic E-state index is -1.20. The van der Waals surface area contributed by atoms with Crippen molar-refractivity contribution in [2.45, 2.75) is 12.8 Å². The van der Waals surface area contributed by atoms with Gasteiger partial charge in [0.2, 0.25) is 11.8 Å². The van der Waals surface area contributed by atoms with E-state index in [1.165, 1.54) is 7.11 Å². The molecule has 0 aliphatic carbocycles. The molecule has 2 atom stereocenters. The predicted octanol–water partition coefficient (Wildman–Crippen LogP) is 3.76. The number of nitriles is 1. The number of halogens is 1. The smallest absolute Gasteiger partial charge is 0.319 e. The Morgan fingerprint density at radius 1 is 1.22 bits per heavy atom. The molecule has 1 heterocycles. The molecule has 164 valence electrons. The molecule has 0 saturated carbocycles. The lowest BCUT2D eigenvalue weighted by atomic mass is 9.78. The number of carbonyl (C=O) groups is 3. The van der Waals surface area contributed by atoms with Crippen LogP contribution in [0.5, 0.6) is 0 Å². The van der Waals surface area contributed by atoms with Gasteiger partial charge in [0, 0.05) is 16.6 Å². The zero-order valence-corrected chi connectivity index (χ0v) is 18.9. The number of esters is 1. The summed E-state index contributed by atoms with van der Waals surface area (Å²) in [7, 11) is 1.19. The second-order valence-electron chi connectivity index (χ2n) is 6.98. The van der Waals surface area contributed by atoms with Crippen molar-refractivity contribution in [3.05, 3.63) is 75.3 Å². The standard InChI is InChI=1S/C23H20ClN3O4S/c1-13-16(24)9-6-10-17(13)26-18(28)12-32-22-15(11-25)19(14-7-4-3-5-8-14)20(21(29)27-22)23(30)31-2/h3-10,19-20H,12H2,1-2H3,(H,26,28)(H,27,29)/t19-,20-/m0/s1. The molecular weight excluding hydrogens is 450 g/mol. The van der Waals surface area contributed by atoms with Gasteiger partial charge in [0.15, 0.2) is 0 Å². The summed E-state index contributed by atoms with van der Waals surface area (Å²) in [6.45, 7) is 1.79. The maximum atomic E-state index is 12.8. The van der Waals surface area contributed by atoms with Gasteiger partial charge >= 0.3 is 5.97 Å². The Bertz CT molecular complexity index is 1130. The molecule has 1 aliphatic rings. The fourth-order valence-corrected chi connectivity index (χ4v) is 4.43. The lowest BCUT2D eigenvalue weighted by Gasteiger charge is -2.30. The second kappa shape index (κ2) is 10.4. The Balaban J connectivity index is 1.87. The maximum Gasteiger partial charge on any atom is 0.319 e. The SMILES string of the molecule is COC(=O)[C@@H]1C(=O)NC(SCC(=O)Nc2cccc(Cl)c2C)=C(C#N)[C@@H]1c1ccccc1. The highest BCUT2D eigenvalue weighted by Crippen LogP contribution is 2.40. The van der Waals surface area contributed by atoms with Crippen molar-refractivity contribution in [2.75, 3.05) is 18.2 Å². The zero-order valence-electron chi connectivity index (χ0n) is 17.3. The van der Waals surface area contributed by atoms with Crippen molar-refractivity contribution >= 4 is 46.8 Å². The van der Waals surface area contributed by atoms with Crippen LogP contribution in [0.25, 0.3) is 0 Å². The molecule has 7 nitrogen and oxygen atoms in total. The number of nitrogens with zero attached hydrogens (tertiary/aromatic N) is 1. The van der Waals surface area contributed by atoms with E-state index in [0.717, 1.165) is 17.3 Å². The van der Waals surface area contributed by atoms with E-state index in [2.05, 4.69) is 16.7 Å². The summed E-state index contributed by atoms with van der Waals surface area (Å²) in [6, 6.07) is 16.1. The van der Waals surface area contributed by atoms with Crippen molar-refractivity contribution in [3.8, 4) is 6.07 Å². The van der Waals surface area contributed by atoms with Crippen LogP contribution in [0, 0.1) is 24.2 Å². The summed E-state index contributed by atoms with van der Waals surface area (Å²) < 4.78 is 4.81. The first-order valence-electron chi connectivity index (χ1n) is 9.63. The van der Waals surface area contributed by atoms with E-state index < -0.39 is 23.7 Å². The third-order valence-electron chi connectivity index (χ3n) is 5.03. The van der Waals surface area contributed by atoms with E-state index in [1.807, 2.05) is 0 Å². The number of benzene rings is 2. The number of anilines is 1. The molecule has 0 unspecified atom stereocenters. The monoisotopic (exact) mass is 469 g/mol. The van der Waals surface area contributed by atoms with Gasteiger partial charge in [0.1, 0.15) is 5.92 Å². The molecule has 0 bridgehead atoms. The molecule has 2 N–H and O–H groups in total. The van der Waals surface area contributed by atoms with Crippen molar-refractivity contribution in [1.82, 2.24) is 5.32 Å². The van der Waals surface area contributed by atoms with E-state index >= 15 is 0 Å². The van der Waals surface area contributed by atoms with Gasteiger partial charge < -0.3 is 15.4 Å². The minimum Gasteiger partial charge on any atom is -0.468 e. The first-order chi connectivity index (χ1) is 15.4. The Hall–Kier alpha value is -3.28. The molecule has 2 aromatic rings. The van der Waals surface area contributed by atoms with Crippen LogP contribution in [0.15, 0.2) is 59.1 Å². The average Bonchev–Trinajstić information content (AvgIpc) is 2.80. The molecule has 0 fully saturated rings. The lowest BCUT2D eigenvalue weighted by Crippen LogP contribution is -2.44. The number of nitrogens with one attached hydrogen (secondary N) is 2. The van der Waals surface area contributed by atoms with E-state index in [-0.39, 0.29) is 22.3 Å². The van der Waals surface area contributed by atoms with Crippen LogP contribution in [0.4, 0.5) is 5.69 Å². The maximum absolute atomic E-state index is 12.8. The number of thioether (sulfide) groups is 1. The largest absolute Gasteiger partial charge is 0.468 e. The number of rotatable bonds is 6. The zero-order chi connectivity index (χ0) is 23.3. The van der Waals surface area contributed by atoms with Crippen LogP contribution in [-0.2, 0) is 19.1 Å². The van der Waals surface area contributed by atoms with Crippen molar-refractivity contribution < 1.29 is 19.1 Å². The molecule has 0 saturated heterocycles. The predicted molar refractivity (Wildman–Crippen MR) is 123 cm³/mol. The number of allylic oxidation sites excluding steroid dienone is 1. The first kappa shape index (κ1) is 23.4. The fourth-order valence-electron chi connectivity index (χ4n) is 3.41. The summed E-state index contributed by atoms with van der Waals surface area (Å²) in [6.07, 6.45) is 0. The van der Waals surface area contributed by atoms with E-state index in [4.69, 9.17) is 16.3 Å². The Morgan fingerprint density at radius 2 is 1.94 bits per heavy atom. The topological polar surface area (TPSA) is 108 Å². The summed E-state index contributed by atoms with van der Waals surface area (Å²) in [5, 5.41) is 16.0. The Kier molecular flexibility index (Phi) is 7.57. The quantitative estimate of drug-likeness (QED) is 0.492. The molecule has 1 aliphatic heterocycles.